The van der Waals surface area contributed by atoms with Gasteiger partial charge in [-0.15, -0.1) is 24.5 Å². The molecule has 1 aromatic heterocycles. The molecule has 12 heteroatoms. The van der Waals surface area contributed by atoms with E-state index in [4.69, 9.17) is 18.9 Å². The molecule has 0 radical (unpaired) electrons. The first-order valence-corrected chi connectivity index (χ1v) is 11.1. The van der Waals surface area contributed by atoms with Crippen LogP contribution in [0.15, 0.2) is 23.6 Å². The number of hydrogen-bond acceptors (Lipinski definition) is 8. The zero-order valence-corrected chi connectivity index (χ0v) is 18.8. The minimum absolute atomic E-state index is 0.140. The number of piperidine rings is 1. The van der Waals surface area contributed by atoms with E-state index < -0.39 is 18.6 Å². The van der Waals surface area contributed by atoms with E-state index in [1.807, 2.05) is 12.3 Å². The summed E-state index contributed by atoms with van der Waals surface area (Å²) in [5.41, 5.74) is 0.536. The molecule has 4 rings (SSSR count). The van der Waals surface area contributed by atoms with Gasteiger partial charge in [0.05, 0.1) is 31.0 Å². The molecule has 3 heterocycles. The lowest BCUT2D eigenvalue weighted by atomic mass is 9.86. The highest BCUT2D eigenvalue weighted by Gasteiger charge is 2.52. The number of fused-ring (bicyclic) bond motifs is 1. The van der Waals surface area contributed by atoms with E-state index in [0.29, 0.717) is 25.1 Å². The predicted octanol–water partition coefficient (Wildman–Crippen LogP) is 3.49. The second-order valence-electron chi connectivity index (χ2n) is 7.57. The van der Waals surface area contributed by atoms with Crippen molar-refractivity contribution in [2.75, 3.05) is 40.2 Å². The first-order valence-electron chi connectivity index (χ1n) is 10.2. The molecular formula is C21H23F3N2O6S. The maximum Gasteiger partial charge on any atom is 0.522 e. The van der Waals surface area contributed by atoms with Crippen molar-refractivity contribution in [2.45, 2.75) is 31.4 Å². The second kappa shape index (κ2) is 9.45. The third-order valence-corrected chi connectivity index (χ3v) is 6.38. The van der Waals surface area contributed by atoms with Crippen LogP contribution >= 0.6 is 11.3 Å². The van der Waals surface area contributed by atoms with Crippen LogP contribution in [0.5, 0.6) is 11.5 Å². The lowest BCUT2D eigenvalue weighted by Crippen LogP contribution is -2.53. The van der Waals surface area contributed by atoms with Crippen molar-refractivity contribution in [3.05, 3.63) is 39.8 Å². The van der Waals surface area contributed by atoms with Gasteiger partial charge >= 0.3 is 6.36 Å². The van der Waals surface area contributed by atoms with Gasteiger partial charge in [0, 0.05) is 23.9 Å². The Morgan fingerprint density at radius 1 is 1.33 bits per heavy atom. The molecule has 2 atom stereocenters. The molecule has 2 aliphatic rings. The lowest BCUT2D eigenvalue weighted by molar-refractivity contribution is -0.325. The molecule has 33 heavy (non-hydrogen) atoms. The normalized spacial score (nSPS) is 22.8. The van der Waals surface area contributed by atoms with Crippen LogP contribution < -0.4 is 9.47 Å². The average molecular weight is 488 g/mol. The van der Waals surface area contributed by atoms with Crippen LogP contribution in [0.4, 0.5) is 13.2 Å². The van der Waals surface area contributed by atoms with Gasteiger partial charge in [0.15, 0.2) is 11.5 Å². The number of methoxy groups -OCH3 is 1. The number of amides is 1. The number of aryl methyl sites for hydroxylation is 1. The van der Waals surface area contributed by atoms with Gasteiger partial charge in [-0.2, -0.15) is 0 Å². The topological polar surface area (TPSA) is 79.4 Å². The van der Waals surface area contributed by atoms with Crippen LogP contribution in [0, 0.1) is 6.92 Å². The molecule has 2 fully saturated rings. The Morgan fingerprint density at radius 3 is 2.85 bits per heavy atom. The summed E-state index contributed by atoms with van der Waals surface area (Å²) in [7, 11) is 1.39. The number of carbonyl (C=O) groups is 1. The molecule has 2 saturated heterocycles. The number of hydrogen-bond donors (Lipinski definition) is 0. The molecular weight excluding hydrogens is 465 g/mol. The number of likely N-dealkylation sites (tertiary alicyclic amines) is 1. The fraction of sp³-hybridized carbons (Fsp3) is 0.524. The summed E-state index contributed by atoms with van der Waals surface area (Å²) >= 11 is 1.54. The summed E-state index contributed by atoms with van der Waals surface area (Å²) in [5.74, 6) is 0.223. The standard InChI is InChI=1S/C21H23F3N2O6S/c1-13-25-17(11-33-13)20-5-6-26(10-18(20)30-12-32-20)19(27)14-3-4-15(16(9-14)28-2)29-7-8-31-21(22,23)24/h3-4,9,11,18H,5-8,10,12H2,1-2H3. The van der Waals surface area contributed by atoms with Gasteiger partial charge in [-0.25, -0.2) is 4.98 Å². The smallest absolute Gasteiger partial charge is 0.493 e. The number of benzene rings is 1. The largest absolute Gasteiger partial charge is 0.522 e. The Labute approximate surface area is 192 Å². The van der Waals surface area contributed by atoms with Crippen molar-refractivity contribution in [1.82, 2.24) is 9.88 Å². The van der Waals surface area contributed by atoms with Crippen LogP contribution in [0.3, 0.4) is 0 Å². The van der Waals surface area contributed by atoms with E-state index in [-0.39, 0.29) is 36.9 Å². The number of carbonyl (C=O) groups excluding carboxylic acids is 1. The van der Waals surface area contributed by atoms with Crippen LogP contribution in [0.25, 0.3) is 0 Å². The molecule has 1 aromatic carbocycles. The van der Waals surface area contributed by atoms with Gasteiger partial charge in [0.2, 0.25) is 0 Å². The highest BCUT2D eigenvalue weighted by molar-refractivity contribution is 7.09. The Balaban J connectivity index is 1.42. The molecule has 0 aliphatic carbocycles. The molecule has 0 bridgehead atoms. The number of thiazole rings is 1. The van der Waals surface area contributed by atoms with E-state index >= 15 is 0 Å². The number of alkyl halides is 3. The highest BCUT2D eigenvalue weighted by Crippen LogP contribution is 2.43. The van der Waals surface area contributed by atoms with Crippen LogP contribution in [-0.2, 0) is 19.8 Å². The van der Waals surface area contributed by atoms with Crippen molar-refractivity contribution in [3.63, 3.8) is 0 Å². The number of aromatic nitrogens is 1. The van der Waals surface area contributed by atoms with E-state index in [1.54, 1.807) is 22.3 Å². The van der Waals surface area contributed by atoms with E-state index in [2.05, 4.69) is 9.72 Å². The summed E-state index contributed by atoms with van der Waals surface area (Å²) in [6.07, 6.45) is -4.51. The number of rotatable bonds is 7. The van der Waals surface area contributed by atoms with Crippen molar-refractivity contribution < 1.29 is 41.7 Å². The minimum atomic E-state index is -4.72. The zero-order valence-electron chi connectivity index (χ0n) is 18.0. The molecule has 0 saturated carbocycles. The second-order valence-corrected chi connectivity index (χ2v) is 8.63. The summed E-state index contributed by atoms with van der Waals surface area (Å²) < 4.78 is 62.3. The molecule has 8 nitrogen and oxygen atoms in total. The first kappa shape index (κ1) is 23.7. The van der Waals surface area contributed by atoms with E-state index in [1.165, 1.54) is 19.2 Å². The van der Waals surface area contributed by atoms with Gasteiger partial charge in [-0.05, 0) is 25.1 Å². The molecule has 0 spiro atoms. The van der Waals surface area contributed by atoms with Crippen molar-refractivity contribution in [2.24, 2.45) is 0 Å². The average Bonchev–Trinajstić information content (AvgIpc) is 3.42. The predicted molar refractivity (Wildman–Crippen MR) is 110 cm³/mol. The van der Waals surface area contributed by atoms with Gasteiger partial charge in [0.25, 0.3) is 5.91 Å². The Kier molecular flexibility index (Phi) is 6.80. The van der Waals surface area contributed by atoms with Crippen molar-refractivity contribution in [1.29, 1.82) is 0 Å². The highest BCUT2D eigenvalue weighted by atomic mass is 32.1. The number of nitrogens with zero attached hydrogens (tertiary/aromatic N) is 2. The van der Waals surface area contributed by atoms with Crippen molar-refractivity contribution >= 4 is 17.2 Å². The first-order chi connectivity index (χ1) is 15.7. The summed E-state index contributed by atoms with van der Waals surface area (Å²) in [5, 5.41) is 2.91. The molecule has 2 aliphatic heterocycles. The maximum absolute atomic E-state index is 13.2. The Bertz CT molecular complexity index is 1000. The van der Waals surface area contributed by atoms with Gasteiger partial charge in [-0.3, -0.25) is 9.53 Å². The minimum Gasteiger partial charge on any atom is -0.493 e. The maximum atomic E-state index is 13.2. The molecule has 2 aromatic rings. The van der Waals surface area contributed by atoms with Crippen LogP contribution in [0.2, 0.25) is 0 Å². The SMILES string of the molecule is COc1cc(C(=O)N2CCC3(c4csc(C)n4)OCOC3C2)ccc1OCCOC(F)(F)F. The van der Waals surface area contributed by atoms with Gasteiger partial charge in [0.1, 0.15) is 25.1 Å². The summed E-state index contributed by atoms with van der Waals surface area (Å²) in [6.45, 7) is 1.87. The molecule has 1 amide bonds. The lowest BCUT2D eigenvalue weighted by Gasteiger charge is -2.40. The summed E-state index contributed by atoms with van der Waals surface area (Å²) in [4.78, 5) is 19.4. The molecule has 0 N–H and O–H groups in total. The van der Waals surface area contributed by atoms with Crippen molar-refractivity contribution in [3.8, 4) is 11.5 Å². The Hall–Kier alpha value is -2.41. The molecule has 2 unspecified atom stereocenters. The summed E-state index contributed by atoms with van der Waals surface area (Å²) in [6, 6.07) is 4.53. The fourth-order valence-corrected chi connectivity index (χ4v) is 4.68. The van der Waals surface area contributed by atoms with Gasteiger partial charge < -0.3 is 23.8 Å². The zero-order chi connectivity index (χ0) is 23.6. The monoisotopic (exact) mass is 488 g/mol. The quantitative estimate of drug-likeness (QED) is 0.552. The van der Waals surface area contributed by atoms with E-state index in [0.717, 1.165) is 10.7 Å². The Morgan fingerprint density at radius 2 is 2.15 bits per heavy atom. The van der Waals surface area contributed by atoms with Gasteiger partial charge in [-0.1, -0.05) is 0 Å². The van der Waals surface area contributed by atoms with Crippen LogP contribution in [0.1, 0.15) is 27.5 Å². The molecule has 180 valence electrons. The number of halogens is 3. The van der Waals surface area contributed by atoms with Crippen LogP contribution in [-0.4, -0.2) is 68.5 Å². The van der Waals surface area contributed by atoms with E-state index in [9.17, 15) is 18.0 Å². The number of ether oxygens (including phenoxy) is 5. The fourth-order valence-electron chi connectivity index (χ4n) is 4.00. The third kappa shape index (κ3) is 5.08. The third-order valence-electron chi connectivity index (χ3n) is 5.60.